The zero-order valence-corrected chi connectivity index (χ0v) is 12.7. The number of benzene rings is 1. The maximum Gasteiger partial charge on any atom is 0.284 e. The predicted octanol–water partition coefficient (Wildman–Crippen LogP) is 3.51. The van der Waals surface area contributed by atoms with Crippen LogP contribution in [0.1, 0.15) is 0 Å². The van der Waals surface area contributed by atoms with Gasteiger partial charge in [0.25, 0.3) is 11.1 Å². The van der Waals surface area contributed by atoms with E-state index in [1.807, 2.05) is 24.3 Å². The van der Waals surface area contributed by atoms with Crippen LogP contribution in [-0.2, 0) is 0 Å². The average molecular weight is 318 g/mol. The smallest absolute Gasteiger partial charge is 0.284 e. The lowest BCUT2D eigenvalue weighted by molar-refractivity contribution is 0.342. The van der Waals surface area contributed by atoms with Crippen LogP contribution in [0.3, 0.4) is 0 Å². The molecule has 0 radical (unpaired) electrons. The molecule has 0 spiro atoms. The number of rotatable bonds is 7. The third-order valence-electron chi connectivity index (χ3n) is 2.78. The minimum atomic E-state index is 0.378. The molecule has 0 unspecified atom stereocenters. The van der Waals surface area contributed by atoms with E-state index in [0.717, 1.165) is 11.5 Å². The lowest BCUT2D eigenvalue weighted by Gasteiger charge is -2.05. The van der Waals surface area contributed by atoms with Gasteiger partial charge in [-0.3, -0.25) is 0 Å². The van der Waals surface area contributed by atoms with Crippen LogP contribution in [-0.4, -0.2) is 29.7 Å². The van der Waals surface area contributed by atoms with E-state index in [-0.39, 0.29) is 0 Å². The zero-order chi connectivity index (χ0) is 15.2. The molecule has 0 saturated heterocycles. The molecule has 7 heteroatoms. The average Bonchev–Trinajstić information content (AvgIpc) is 3.23. The first-order chi connectivity index (χ1) is 10.8. The summed E-state index contributed by atoms with van der Waals surface area (Å²) in [5.74, 6) is 3.24. The van der Waals surface area contributed by atoms with Crippen molar-refractivity contribution in [2.24, 2.45) is 0 Å². The van der Waals surface area contributed by atoms with Crippen LogP contribution in [0.15, 0.2) is 56.7 Å². The van der Waals surface area contributed by atoms with Gasteiger partial charge in [0.1, 0.15) is 11.5 Å². The number of ether oxygens (including phenoxy) is 2. The first kappa shape index (κ1) is 14.5. The van der Waals surface area contributed by atoms with Crippen LogP contribution in [0.5, 0.6) is 11.5 Å². The van der Waals surface area contributed by atoms with Crippen LogP contribution >= 0.6 is 11.8 Å². The van der Waals surface area contributed by atoms with Crippen molar-refractivity contribution in [3.05, 3.63) is 42.7 Å². The Balaban J connectivity index is 1.45. The number of furan rings is 1. The summed E-state index contributed by atoms with van der Waals surface area (Å²) in [7, 11) is 1.63. The van der Waals surface area contributed by atoms with E-state index in [0.29, 0.717) is 29.2 Å². The van der Waals surface area contributed by atoms with Crippen molar-refractivity contribution < 1.29 is 18.3 Å². The van der Waals surface area contributed by atoms with Gasteiger partial charge in [-0.25, -0.2) is 0 Å². The monoisotopic (exact) mass is 318 g/mol. The fraction of sp³-hybridized carbons (Fsp3) is 0.200. The van der Waals surface area contributed by atoms with Gasteiger partial charge in [0.05, 0.1) is 20.0 Å². The molecule has 1 aromatic carbocycles. The highest BCUT2D eigenvalue weighted by Gasteiger charge is 2.10. The number of hydrogen-bond donors (Lipinski definition) is 0. The summed E-state index contributed by atoms with van der Waals surface area (Å²) in [4.78, 5) is 0. The predicted molar refractivity (Wildman–Crippen MR) is 81.2 cm³/mol. The molecule has 6 nitrogen and oxygen atoms in total. The minimum Gasteiger partial charge on any atom is -0.497 e. The molecule has 0 atom stereocenters. The number of aromatic nitrogens is 2. The summed E-state index contributed by atoms with van der Waals surface area (Å²) in [5, 5.41) is 8.37. The second-order valence-corrected chi connectivity index (χ2v) is 5.27. The lowest BCUT2D eigenvalue weighted by atomic mass is 10.3. The summed E-state index contributed by atoms with van der Waals surface area (Å²) < 4.78 is 21.4. The Morgan fingerprint density at radius 3 is 2.64 bits per heavy atom. The maximum absolute atomic E-state index is 5.62. The quantitative estimate of drug-likeness (QED) is 0.487. The Hall–Kier alpha value is -2.41. The Kier molecular flexibility index (Phi) is 4.65. The van der Waals surface area contributed by atoms with Gasteiger partial charge < -0.3 is 18.3 Å². The molecule has 2 aromatic heterocycles. The highest BCUT2D eigenvalue weighted by atomic mass is 32.2. The largest absolute Gasteiger partial charge is 0.497 e. The highest BCUT2D eigenvalue weighted by molar-refractivity contribution is 7.99. The molecule has 3 rings (SSSR count). The van der Waals surface area contributed by atoms with Gasteiger partial charge in [0, 0.05) is 5.75 Å². The summed E-state index contributed by atoms with van der Waals surface area (Å²) in [6, 6.07) is 11.0. The first-order valence-electron chi connectivity index (χ1n) is 6.62. The Bertz CT molecular complexity index is 695. The van der Waals surface area contributed by atoms with Crippen molar-refractivity contribution in [2.75, 3.05) is 19.5 Å². The molecule has 3 aromatic rings. The number of methoxy groups -OCH3 is 1. The summed E-state index contributed by atoms with van der Waals surface area (Å²) >= 11 is 1.43. The van der Waals surface area contributed by atoms with Crippen LogP contribution in [0.25, 0.3) is 11.7 Å². The highest BCUT2D eigenvalue weighted by Crippen LogP contribution is 2.23. The molecule has 0 N–H and O–H groups in total. The Labute approximate surface area is 131 Å². The number of thioether (sulfide) groups is 1. The van der Waals surface area contributed by atoms with Gasteiger partial charge >= 0.3 is 0 Å². The fourth-order valence-corrected chi connectivity index (χ4v) is 2.31. The summed E-state index contributed by atoms with van der Waals surface area (Å²) in [5.41, 5.74) is 0. The maximum atomic E-state index is 5.62. The topological polar surface area (TPSA) is 70.5 Å². The van der Waals surface area contributed by atoms with Gasteiger partial charge in [-0.05, 0) is 36.4 Å². The normalized spacial score (nSPS) is 10.6. The summed E-state index contributed by atoms with van der Waals surface area (Å²) in [6.45, 7) is 0.537. The van der Waals surface area contributed by atoms with E-state index < -0.39 is 0 Å². The zero-order valence-electron chi connectivity index (χ0n) is 11.9. The van der Waals surface area contributed by atoms with Crippen molar-refractivity contribution in [3.63, 3.8) is 0 Å². The van der Waals surface area contributed by atoms with Gasteiger partial charge in [0.15, 0.2) is 5.76 Å². The van der Waals surface area contributed by atoms with Crippen molar-refractivity contribution >= 4 is 11.8 Å². The molecule has 0 bridgehead atoms. The van der Waals surface area contributed by atoms with Crippen molar-refractivity contribution in [2.45, 2.75) is 5.22 Å². The van der Waals surface area contributed by atoms with Gasteiger partial charge in [-0.2, -0.15) is 0 Å². The van der Waals surface area contributed by atoms with E-state index in [4.69, 9.17) is 18.3 Å². The molecule has 114 valence electrons. The van der Waals surface area contributed by atoms with E-state index >= 15 is 0 Å². The molecule has 0 fully saturated rings. The van der Waals surface area contributed by atoms with Crippen LogP contribution in [0, 0.1) is 0 Å². The van der Waals surface area contributed by atoms with Gasteiger partial charge in [-0.1, -0.05) is 11.8 Å². The molecule has 2 heterocycles. The minimum absolute atomic E-state index is 0.378. The van der Waals surface area contributed by atoms with E-state index in [2.05, 4.69) is 10.2 Å². The molecule has 0 saturated carbocycles. The van der Waals surface area contributed by atoms with Crippen LogP contribution < -0.4 is 9.47 Å². The standard InChI is InChI=1S/C15H14N2O4S/c1-18-11-4-6-12(7-5-11)19-9-10-22-15-17-16-14(21-15)13-3-2-8-20-13/h2-8H,9-10H2,1H3. The Morgan fingerprint density at radius 2 is 1.91 bits per heavy atom. The van der Waals surface area contributed by atoms with E-state index in [1.54, 1.807) is 25.5 Å². The molecule has 0 amide bonds. The second kappa shape index (κ2) is 7.04. The van der Waals surface area contributed by atoms with Crippen LogP contribution in [0.4, 0.5) is 0 Å². The molecule has 22 heavy (non-hydrogen) atoms. The molecule has 0 aliphatic heterocycles. The Morgan fingerprint density at radius 1 is 1.09 bits per heavy atom. The first-order valence-corrected chi connectivity index (χ1v) is 7.61. The molecular formula is C15H14N2O4S. The van der Waals surface area contributed by atoms with Gasteiger partial charge in [-0.15, -0.1) is 10.2 Å². The molecule has 0 aliphatic carbocycles. The third-order valence-corrected chi connectivity index (χ3v) is 3.56. The lowest BCUT2D eigenvalue weighted by Crippen LogP contribution is -1.99. The number of hydrogen-bond acceptors (Lipinski definition) is 7. The van der Waals surface area contributed by atoms with Crippen molar-refractivity contribution in [1.82, 2.24) is 10.2 Å². The van der Waals surface area contributed by atoms with E-state index in [1.165, 1.54) is 11.8 Å². The number of nitrogens with zero attached hydrogens (tertiary/aromatic N) is 2. The molecular weight excluding hydrogens is 304 g/mol. The van der Waals surface area contributed by atoms with Crippen molar-refractivity contribution in [1.29, 1.82) is 0 Å². The van der Waals surface area contributed by atoms with E-state index in [9.17, 15) is 0 Å². The van der Waals surface area contributed by atoms with Crippen molar-refractivity contribution in [3.8, 4) is 23.1 Å². The molecule has 0 aliphatic rings. The summed E-state index contributed by atoms with van der Waals surface area (Å²) in [6.07, 6.45) is 1.56. The van der Waals surface area contributed by atoms with Crippen LogP contribution in [0.2, 0.25) is 0 Å². The SMILES string of the molecule is COc1ccc(OCCSc2nnc(-c3ccco3)o2)cc1. The van der Waals surface area contributed by atoms with Gasteiger partial charge in [0.2, 0.25) is 0 Å². The second-order valence-electron chi connectivity index (χ2n) is 4.22. The third kappa shape index (κ3) is 3.62. The fourth-order valence-electron chi connectivity index (χ4n) is 1.73.